The normalized spacial score (nSPS) is 29.5. The second-order valence-electron chi connectivity index (χ2n) is 5.51. The van der Waals surface area contributed by atoms with Gasteiger partial charge in [0.05, 0.1) is 5.60 Å². The van der Waals surface area contributed by atoms with Crippen molar-refractivity contribution in [1.82, 2.24) is 4.90 Å². The molecule has 2 fully saturated rings. The van der Waals surface area contributed by atoms with E-state index in [1.54, 1.807) is 0 Å². The molecule has 1 unspecified atom stereocenters. The summed E-state index contributed by atoms with van der Waals surface area (Å²) in [6, 6.07) is 0. The summed E-state index contributed by atoms with van der Waals surface area (Å²) >= 11 is 0. The van der Waals surface area contributed by atoms with Crippen molar-refractivity contribution in [3.63, 3.8) is 0 Å². The van der Waals surface area contributed by atoms with Crippen molar-refractivity contribution < 1.29 is 9.53 Å². The van der Waals surface area contributed by atoms with Crippen molar-refractivity contribution in [3.05, 3.63) is 11.6 Å². The van der Waals surface area contributed by atoms with Crippen LogP contribution in [0.3, 0.4) is 0 Å². The van der Waals surface area contributed by atoms with Crippen LogP contribution in [0.2, 0.25) is 0 Å². The number of carbonyl (C=O) groups excluding carboxylic acids is 1. The van der Waals surface area contributed by atoms with E-state index in [-0.39, 0.29) is 11.5 Å². The number of hydrogen-bond donors (Lipinski definition) is 0. The van der Waals surface area contributed by atoms with Crippen LogP contribution in [0.4, 0.5) is 0 Å². The first-order valence-electron chi connectivity index (χ1n) is 6.66. The van der Waals surface area contributed by atoms with E-state index in [1.165, 1.54) is 5.57 Å². The van der Waals surface area contributed by atoms with Gasteiger partial charge in [0.25, 0.3) is 0 Å². The number of rotatable bonds is 2. The van der Waals surface area contributed by atoms with Crippen LogP contribution in [-0.2, 0) is 9.53 Å². The first kappa shape index (κ1) is 12.6. The number of ether oxygens (including phenoxy) is 1. The van der Waals surface area contributed by atoms with E-state index in [0.29, 0.717) is 6.42 Å². The Morgan fingerprint density at radius 2 is 2.24 bits per heavy atom. The fraction of sp³-hybridized carbons (Fsp3) is 0.786. The van der Waals surface area contributed by atoms with E-state index in [9.17, 15) is 4.79 Å². The molecule has 0 aromatic rings. The Hall–Kier alpha value is -0.830. The lowest BCUT2D eigenvalue weighted by Gasteiger charge is -2.26. The molecule has 3 heteroatoms. The Kier molecular flexibility index (Phi) is 3.87. The summed E-state index contributed by atoms with van der Waals surface area (Å²) in [7, 11) is 0. The molecular formula is C14H23NO2. The predicted molar refractivity (Wildman–Crippen MR) is 67.8 cm³/mol. The molecule has 0 radical (unpaired) electrons. The number of allylic oxidation sites excluding steroid dienone is 1. The van der Waals surface area contributed by atoms with E-state index in [4.69, 9.17) is 4.74 Å². The van der Waals surface area contributed by atoms with E-state index >= 15 is 0 Å². The van der Waals surface area contributed by atoms with Gasteiger partial charge >= 0.3 is 0 Å². The van der Waals surface area contributed by atoms with Gasteiger partial charge in [0.2, 0.25) is 5.91 Å². The van der Waals surface area contributed by atoms with Crippen molar-refractivity contribution in [3.8, 4) is 0 Å². The van der Waals surface area contributed by atoms with Crippen molar-refractivity contribution in [2.45, 2.75) is 51.6 Å². The third-order valence-electron chi connectivity index (χ3n) is 3.89. The van der Waals surface area contributed by atoms with Gasteiger partial charge in [-0.2, -0.15) is 0 Å². The first-order chi connectivity index (χ1) is 8.11. The molecule has 2 heterocycles. The van der Waals surface area contributed by atoms with Crippen LogP contribution in [0.15, 0.2) is 11.6 Å². The summed E-state index contributed by atoms with van der Waals surface area (Å²) < 4.78 is 5.89. The fourth-order valence-electron chi connectivity index (χ4n) is 2.72. The highest BCUT2D eigenvalue weighted by Gasteiger charge is 2.38. The summed E-state index contributed by atoms with van der Waals surface area (Å²) in [6.45, 7) is 6.63. The molecule has 2 aliphatic heterocycles. The van der Waals surface area contributed by atoms with E-state index in [1.807, 2.05) is 4.90 Å². The second-order valence-corrected chi connectivity index (χ2v) is 5.51. The van der Waals surface area contributed by atoms with Crippen molar-refractivity contribution in [1.29, 1.82) is 0 Å². The van der Waals surface area contributed by atoms with Crippen molar-refractivity contribution in [2.24, 2.45) is 0 Å². The maximum absolute atomic E-state index is 12.0. The predicted octanol–water partition coefficient (Wildman–Crippen LogP) is 2.51. The van der Waals surface area contributed by atoms with Crippen molar-refractivity contribution >= 4 is 5.91 Å². The molecule has 2 rings (SSSR count). The molecule has 0 saturated carbocycles. The van der Waals surface area contributed by atoms with E-state index < -0.39 is 0 Å². The number of hydrogen-bond acceptors (Lipinski definition) is 2. The molecule has 0 N–H and O–H groups in total. The molecule has 17 heavy (non-hydrogen) atoms. The van der Waals surface area contributed by atoms with Crippen LogP contribution < -0.4 is 0 Å². The third kappa shape index (κ3) is 3.09. The van der Waals surface area contributed by atoms with Gasteiger partial charge in [0, 0.05) is 26.1 Å². The highest BCUT2D eigenvalue weighted by Crippen LogP contribution is 2.35. The maximum atomic E-state index is 12.0. The van der Waals surface area contributed by atoms with Gasteiger partial charge in [0.15, 0.2) is 0 Å². The Morgan fingerprint density at radius 1 is 1.41 bits per heavy atom. The molecule has 1 spiro atoms. The topological polar surface area (TPSA) is 29.5 Å². The minimum absolute atomic E-state index is 0.0232. The molecule has 0 aromatic carbocycles. The lowest BCUT2D eigenvalue weighted by Crippen LogP contribution is -2.32. The van der Waals surface area contributed by atoms with Crippen LogP contribution >= 0.6 is 0 Å². The molecule has 96 valence electrons. The Morgan fingerprint density at radius 3 is 2.88 bits per heavy atom. The van der Waals surface area contributed by atoms with Crippen LogP contribution in [0.5, 0.6) is 0 Å². The minimum atomic E-state index is 0.0232. The van der Waals surface area contributed by atoms with Crippen LogP contribution in [0, 0.1) is 0 Å². The third-order valence-corrected chi connectivity index (χ3v) is 3.89. The molecule has 1 amide bonds. The molecule has 1 atom stereocenters. The van der Waals surface area contributed by atoms with Gasteiger partial charge in [0.1, 0.15) is 0 Å². The van der Waals surface area contributed by atoms with Crippen LogP contribution in [0.25, 0.3) is 0 Å². The first-order valence-corrected chi connectivity index (χ1v) is 6.66. The molecule has 2 saturated heterocycles. The maximum Gasteiger partial charge on any atom is 0.222 e. The highest BCUT2D eigenvalue weighted by molar-refractivity contribution is 5.76. The largest absolute Gasteiger partial charge is 0.375 e. The van der Waals surface area contributed by atoms with Gasteiger partial charge in [-0.25, -0.2) is 0 Å². The van der Waals surface area contributed by atoms with Gasteiger partial charge in [-0.05, 0) is 39.5 Å². The van der Waals surface area contributed by atoms with Crippen LogP contribution in [-0.4, -0.2) is 36.1 Å². The molecule has 0 aliphatic carbocycles. The summed E-state index contributed by atoms with van der Waals surface area (Å²) in [5, 5.41) is 0. The quantitative estimate of drug-likeness (QED) is 0.691. The lowest BCUT2D eigenvalue weighted by atomic mass is 9.92. The molecule has 0 bridgehead atoms. The number of amides is 1. The summed E-state index contributed by atoms with van der Waals surface area (Å²) in [6.07, 6.45) is 6.99. The zero-order valence-corrected chi connectivity index (χ0v) is 11.0. The summed E-state index contributed by atoms with van der Waals surface area (Å²) in [5.74, 6) is 0.287. The van der Waals surface area contributed by atoms with Crippen molar-refractivity contribution in [2.75, 3.05) is 19.7 Å². The zero-order chi connectivity index (χ0) is 12.3. The van der Waals surface area contributed by atoms with E-state index in [2.05, 4.69) is 19.9 Å². The van der Waals surface area contributed by atoms with Crippen LogP contribution in [0.1, 0.15) is 46.0 Å². The Bertz CT molecular complexity index is 312. The van der Waals surface area contributed by atoms with Gasteiger partial charge in [-0.3, -0.25) is 4.79 Å². The summed E-state index contributed by atoms with van der Waals surface area (Å²) in [5.41, 5.74) is 1.30. The molecule has 0 aromatic heterocycles. The standard InChI is InChI=1S/C14H23NO2/c1-12(2)5-9-15-10-8-14(6-3-11-17-14)7-4-13(15)16/h5H,3-4,6-11H2,1-2H3. The number of likely N-dealkylation sites (tertiary alicyclic amines) is 1. The highest BCUT2D eigenvalue weighted by atomic mass is 16.5. The Labute approximate surface area is 104 Å². The SMILES string of the molecule is CC(C)=CCN1CCC2(CCCO2)CCC1=O. The van der Waals surface area contributed by atoms with Gasteiger partial charge in [-0.15, -0.1) is 0 Å². The van der Waals surface area contributed by atoms with Gasteiger partial charge in [-0.1, -0.05) is 11.6 Å². The average molecular weight is 237 g/mol. The smallest absolute Gasteiger partial charge is 0.222 e. The second kappa shape index (κ2) is 5.21. The van der Waals surface area contributed by atoms with E-state index in [0.717, 1.165) is 45.4 Å². The molecule has 3 nitrogen and oxygen atoms in total. The number of carbonyl (C=O) groups is 1. The minimum Gasteiger partial charge on any atom is -0.375 e. The average Bonchev–Trinajstić information content (AvgIpc) is 2.68. The lowest BCUT2D eigenvalue weighted by molar-refractivity contribution is -0.130. The fourth-order valence-corrected chi connectivity index (χ4v) is 2.72. The molecule has 2 aliphatic rings. The monoisotopic (exact) mass is 237 g/mol. The Balaban J connectivity index is 1.97. The number of nitrogens with zero attached hydrogens (tertiary/aromatic N) is 1. The van der Waals surface area contributed by atoms with Gasteiger partial charge < -0.3 is 9.64 Å². The summed E-state index contributed by atoms with van der Waals surface area (Å²) in [4.78, 5) is 14.0. The molecular weight excluding hydrogens is 214 g/mol. The zero-order valence-electron chi connectivity index (χ0n) is 11.0.